The third-order valence-corrected chi connectivity index (χ3v) is 5.47. The molecule has 1 N–H and O–H groups in total. The molecule has 0 aliphatic carbocycles. The molecule has 1 aromatic carbocycles. The number of nitro groups is 1. The first-order valence-electron chi connectivity index (χ1n) is 10.1. The average Bonchev–Trinajstić information content (AvgIpc) is 3.00. The molecule has 9 heteroatoms. The number of carbonyl (C=O) groups is 2. The van der Waals surface area contributed by atoms with Crippen LogP contribution in [0.3, 0.4) is 0 Å². The zero-order valence-corrected chi connectivity index (χ0v) is 17.6. The minimum Gasteiger partial charge on any atom is -0.452 e. The topological polar surface area (TPSA) is 126 Å². The Morgan fingerprint density at radius 1 is 1.30 bits per heavy atom. The number of amides is 1. The summed E-state index contributed by atoms with van der Waals surface area (Å²) in [6, 6.07) is 6.26. The largest absolute Gasteiger partial charge is 0.452 e. The number of nitriles is 1. The molecule has 1 aliphatic heterocycles. The molecular weight excluding hydrogens is 388 g/mol. The summed E-state index contributed by atoms with van der Waals surface area (Å²) in [6.45, 7) is 6.06. The van der Waals surface area contributed by atoms with Crippen LogP contribution in [0.2, 0.25) is 0 Å². The molecule has 0 spiro atoms. The summed E-state index contributed by atoms with van der Waals surface area (Å²) in [4.78, 5) is 37.4. The van der Waals surface area contributed by atoms with Gasteiger partial charge in [0.2, 0.25) is 0 Å². The average molecular weight is 416 g/mol. The van der Waals surface area contributed by atoms with Crippen LogP contribution in [0.4, 0.5) is 11.4 Å². The summed E-state index contributed by atoms with van der Waals surface area (Å²) < 4.78 is 5.00. The summed E-state index contributed by atoms with van der Waals surface area (Å²) >= 11 is 0. The van der Waals surface area contributed by atoms with Gasteiger partial charge in [-0.05, 0) is 37.8 Å². The summed E-state index contributed by atoms with van der Waals surface area (Å²) in [7, 11) is 0. The molecule has 162 valence electrons. The van der Waals surface area contributed by atoms with Crippen LogP contribution in [0, 0.1) is 27.4 Å². The Hall–Kier alpha value is -3.15. The highest BCUT2D eigenvalue weighted by molar-refractivity contribution is 5.93. The van der Waals surface area contributed by atoms with Gasteiger partial charge in [0.05, 0.1) is 16.6 Å². The first-order valence-corrected chi connectivity index (χ1v) is 10.1. The van der Waals surface area contributed by atoms with Crippen LogP contribution in [0.5, 0.6) is 0 Å². The van der Waals surface area contributed by atoms with Crippen LogP contribution >= 0.6 is 0 Å². The lowest BCUT2D eigenvalue weighted by molar-refractivity contribution is -0.384. The number of nitrogens with one attached hydrogen (secondary N) is 1. The van der Waals surface area contributed by atoms with E-state index in [-0.39, 0.29) is 17.2 Å². The van der Waals surface area contributed by atoms with E-state index in [0.29, 0.717) is 5.69 Å². The Morgan fingerprint density at radius 3 is 2.47 bits per heavy atom. The van der Waals surface area contributed by atoms with E-state index < -0.39 is 28.9 Å². The molecule has 1 fully saturated rings. The first kappa shape index (κ1) is 23.1. The van der Waals surface area contributed by atoms with Gasteiger partial charge in [-0.2, -0.15) is 5.26 Å². The van der Waals surface area contributed by atoms with E-state index in [1.807, 2.05) is 11.0 Å². The molecular formula is C21H28N4O5. The van der Waals surface area contributed by atoms with Gasteiger partial charge in [-0.1, -0.05) is 26.7 Å². The second-order valence-corrected chi connectivity index (χ2v) is 7.96. The Kier molecular flexibility index (Phi) is 7.75. The fraction of sp³-hybridized carbons (Fsp3) is 0.571. The highest BCUT2D eigenvalue weighted by Gasteiger charge is 2.30. The minimum atomic E-state index is -1.09. The number of ether oxygens (including phenoxy) is 1. The Balaban J connectivity index is 2.09. The SMILES string of the molecule is CC(C)[C@@](C)(C#N)NC(=O)COC(=O)c1ccc(N2CCCCCC2)c([N+](=O)[O-])c1. The van der Waals surface area contributed by atoms with Gasteiger partial charge in [-0.3, -0.25) is 14.9 Å². The third kappa shape index (κ3) is 5.69. The van der Waals surface area contributed by atoms with Crippen LogP contribution in [0.15, 0.2) is 18.2 Å². The van der Waals surface area contributed by atoms with Crippen molar-refractivity contribution in [1.29, 1.82) is 5.26 Å². The lowest BCUT2D eigenvalue weighted by Gasteiger charge is -2.27. The number of hydrogen-bond donors (Lipinski definition) is 1. The Labute approximate surface area is 176 Å². The van der Waals surface area contributed by atoms with Crippen molar-refractivity contribution in [3.05, 3.63) is 33.9 Å². The molecule has 0 bridgehead atoms. The van der Waals surface area contributed by atoms with E-state index in [2.05, 4.69) is 5.32 Å². The maximum Gasteiger partial charge on any atom is 0.338 e. The predicted octanol–water partition coefficient (Wildman–Crippen LogP) is 3.19. The maximum absolute atomic E-state index is 12.3. The van der Waals surface area contributed by atoms with E-state index in [1.165, 1.54) is 12.1 Å². The lowest BCUT2D eigenvalue weighted by atomic mass is 9.90. The standard InChI is InChI=1S/C21H28N4O5/c1-15(2)21(3,14-22)23-19(26)13-30-20(27)16-8-9-17(18(12-16)25(28)29)24-10-6-4-5-7-11-24/h8-9,12,15H,4-7,10-11,13H2,1-3H3,(H,23,26)/t21-/m1/s1. The molecule has 0 saturated carbocycles. The molecule has 0 unspecified atom stereocenters. The number of nitro benzene ring substituents is 1. The van der Waals surface area contributed by atoms with E-state index in [0.717, 1.165) is 38.8 Å². The van der Waals surface area contributed by atoms with Gasteiger partial charge >= 0.3 is 5.97 Å². The highest BCUT2D eigenvalue weighted by atomic mass is 16.6. The summed E-state index contributed by atoms with van der Waals surface area (Å²) in [5, 5.41) is 23.4. The van der Waals surface area contributed by atoms with E-state index >= 15 is 0 Å². The highest BCUT2D eigenvalue weighted by Crippen LogP contribution is 2.31. The molecule has 30 heavy (non-hydrogen) atoms. The monoisotopic (exact) mass is 416 g/mol. The lowest BCUT2D eigenvalue weighted by Crippen LogP contribution is -2.50. The van der Waals surface area contributed by atoms with Crippen molar-refractivity contribution < 1.29 is 19.2 Å². The van der Waals surface area contributed by atoms with E-state index in [9.17, 15) is 25.0 Å². The van der Waals surface area contributed by atoms with Gasteiger partial charge < -0.3 is 15.0 Å². The fourth-order valence-corrected chi connectivity index (χ4v) is 3.22. The number of anilines is 1. The van der Waals surface area contributed by atoms with Crippen LogP contribution in [-0.2, 0) is 9.53 Å². The summed E-state index contributed by atoms with van der Waals surface area (Å²) in [6.07, 6.45) is 4.12. The van der Waals surface area contributed by atoms with Crippen molar-refractivity contribution >= 4 is 23.3 Å². The summed E-state index contributed by atoms with van der Waals surface area (Å²) in [5.41, 5.74) is -0.762. The van der Waals surface area contributed by atoms with Crippen LogP contribution < -0.4 is 10.2 Å². The van der Waals surface area contributed by atoms with Gasteiger partial charge in [-0.25, -0.2) is 4.79 Å². The molecule has 1 aromatic rings. The van der Waals surface area contributed by atoms with Crippen LogP contribution in [0.1, 0.15) is 56.8 Å². The number of rotatable bonds is 7. The number of esters is 1. The van der Waals surface area contributed by atoms with Crippen molar-refractivity contribution in [2.45, 2.75) is 52.0 Å². The van der Waals surface area contributed by atoms with Crippen molar-refractivity contribution in [2.75, 3.05) is 24.6 Å². The number of nitrogens with zero attached hydrogens (tertiary/aromatic N) is 3. The smallest absolute Gasteiger partial charge is 0.338 e. The third-order valence-electron chi connectivity index (χ3n) is 5.47. The number of hydrogen-bond acceptors (Lipinski definition) is 7. The molecule has 1 heterocycles. The second-order valence-electron chi connectivity index (χ2n) is 7.96. The minimum absolute atomic E-state index is 0.0000218. The van der Waals surface area contributed by atoms with Crippen LogP contribution in [0.25, 0.3) is 0 Å². The molecule has 0 radical (unpaired) electrons. The quantitative estimate of drug-likeness (QED) is 0.411. The van der Waals surface area contributed by atoms with Crippen molar-refractivity contribution in [1.82, 2.24) is 5.32 Å². The zero-order chi connectivity index (χ0) is 22.3. The van der Waals surface area contributed by atoms with E-state index in [1.54, 1.807) is 26.8 Å². The maximum atomic E-state index is 12.3. The predicted molar refractivity (Wildman–Crippen MR) is 111 cm³/mol. The molecule has 1 atom stereocenters. The van der Waals surface area contributed by atoms with Crippen molar-refractivity contribution in [2.24, 2.45) is 5.92 Å². The normalized spacial score (nSPS) is 16.2. The fourth-order valence-electron chi connectivity index (χ4n) is 3.22. The number of benzene rings is 1. The number of carbonyl (C=O) groups excluding carboxylic acids is 2. The second kappa shape index (κ2) is 10.1. The molecule has 2 rings (SSSR count). The molecule has 1 saturated heterocycles. The van der Waals surface area contributed by atoms with Gasteiger partial charge in [0.1, 0.15) is 11.2 Å². The van der Waals surface area contributed by atoms with Crippen LogP contribution in [-0.4, -0.2) is 42.0 Å². The first-order chi connectivity index (χ1) is 14.2. The van der Waals surface area contributed by atoms with Gasteiger partial charge in [0, 0.05) is 19.2 Å². The van der Waals surface area contributed by atoms with Gasteiger partial charge in [0.15, 0.2) is 6.61 Å². The Bertz CT molecular complexity index is 840. The van der Waals surface area contributed by atoms with E-state index in [4.69, 9.17) is 4.74 Å². The molecule has 1 amide bonds. The molecule has 9 nitrogen and oxygen atoms in total. The molecule has 1 aliphatic rings. The zero-order valence-electron chi connectivity index (χ0n) is 17.6. The summed E-state index contributed by atoms with van der Waals surface area (Å²) in [5.74, 6) is -1.59. The van der Waals surface area contributed by atoms with Gasteiger partial charge in [0.25, 0.3) is 11.6 Å². The van der Waals surface area contributed by atoms with Crippen molar-refractivity contribution in [3.63, 3.8) is 0 Å². The molecule has 0 aromatic heterocycles. The van der Waals surface area contributed by atoms with Crippen molar-refractivity contribution in [3.8, 4) is 6.07 Å². The van der Waals surface area contributed by atoms with Gasteiger partial charge in [-0.15, -0.1) is 0 Å². The Morgan fingerprint density at radius 2 is 1.93 bits per heavy atom.